The molecule has 2 aromatic carbocycles. The lowest BCUT2D eigenvalue weighted by atomic mass is 10.00. The van der Waals surface area contributed by atoms with E-state index in [0.717, 1.165) is 15.6 Å². The van der Waals surface area contributed by atoms with Crippen molar-refractivity contribution in [1.29, 1.82) is 0 Å². The molecule has 0 aliphatic heterocycles. The summed E-state index contributed by atoms with van der Waals surface area (Å²) in [6.45, 7) is 0. The Bertz CT molecular complexity index is 559. The summed E-state index contributed by atoms with van der Waals surface area (Å²) in [7, 11) is 1.59. The van der Waals surface area contributed by atoms with Gasteiger partial charge in [0.05, 0.1) is 18.2 Å². The normalized spacial score (nSPS) is 12.2. The smallest absolute Gasteiger partial charge is 0.137 e. The fourth-order valence-corrected chi connectivity index (χ4v) is 2.58. The van der Waals surface area contributed by atoms with Gasteiger partial charge in [0.1, 0.15) is 5.75 Å². The molecule has 0 fully saturated rings. The highest BCUT2D eigenvalue weighted by Gasteiger charge is 2.13. The number of ether oxygens (including phenoxy) is 1. The van der Waals surface area contributed by atoms with Crippen LogP contribution in [0.2, 0.25) is 5.02 Å². The lowest BCUT2D eigenvalue weighted by Gasteiger charge is -2.15. The van der Waals surface area contributed by atoms with Gasteiger partial charge in [-0.1, -0.05) is 51.8 Å². The van der Waals surface area contributed by atoms with Crippen LogP contribution in [0.25, 0.3) is 0 Å². The summed E-state index contributed by atoms with van der Waals surface area (Å²) < 4.78 is 6.12. The van der Waals surface area contributed by atoms with Gasteiger partial charge in [-0.15, -0.1) is 0 Å². The molecule has 2 nitrogen and oxygen atoms in total. The van der Waals surface area contributed by atoms with Gasteiger partial charge < -0.3 is 10.5 Å². The Morgan fingerprint density at radius 1 is 1.22 bits per heavy atom. The first-order valence-electron chi connectivity index (χ1n) is 5.47. The van der Waals surface area contributed by atoms with Gasteiger partial charge in [0.2, 0.25) is 0 Å². The molecule has 0 aliphatic carbocycles. The minimum Gasteiger partial charge on any atom is -0.495 e. The van der Waals surface area contributed by atoms with Crippen LogP contribution in [0.4, 0.5) is 0 Å². The predicted octanol–water partition coefficient (Wildman–Crippen LogP) is 4.16. The molecular formula is C14H13BrClNO. The molecule has 0 radical (unpaired) electrons. The van der Waals surface area contributed by atoms with Crippen LogP contribution < -0.4 is 10.5 Å². The van der Waals surface area contributed by atoms with Crippen LogP contribution in [0.1, 0.15) is 17.2 Å². The van der Waals surface area contributed by atoms with E-state index in [1.807, 2.05) is 42.5 Å². The van der Waals surface area contributed by atoms with E-state index in [1.54, 1.807) is 7.11 Å². The Morgan fingerprint density at radius 3 is 2.56 bits per heavy atom. The molecule has 0 saturated heterocycles. The van der Waals surface area contributed by atoms with Gasteiger partial charge in [-0.25, -0.2) is 0 Å². The number of hydrogen-bond donors (Lipinski definition) is 1. The summed E-state index contributed by atoms with van der Waals surface area (Å²) in [6.07, 6.45) is 0. The molecule has 0 aromatic heterocycles. The first kappa shape index (κ1) is 13.4. The molecule has 1 unspecified atom stereocenters. The molecule has 1 atom stereocenters. The van der Waals surface area contributed by atoms with E-state index in [2.05, 4.69) is 15.9 Å². The number of methoxy groups -OCH3 is 1. The van der Waals surface area contributed by atoms with Crippen molar-refractivity contribution < 1.29 is 4.74 Å². The van der Waals surface area contributed by atoms with Crippen LogP contribution in [0.15, 0.2) is 46.9 Å². The van der Waals surface area contributed by atoms with Crippen LogP contribution >= 0.6 is 27.5 Å². The van der Waals surface area contributed by atoms with Crippen LogP contribution in [0.3, 0.4) is 0 Å². The SMILES string of the molecule is COc1ccc(C(N)c2ccccc2Br)cc1Cl. The molecule has 0 heterocycles. The highest BCUT2D eigenvalue weighted by molar-refractivity contribution is 9.10. The van der Waals surface area contributed by atoms with Crippen molar-refractivity contribution in [2.24, 2.45) is 5.73 Å². The van der Waals surface area contributed by atoms with Crippen LogP contribution in [-0.2, 0) is 0 Å². The van der Waals surface area contributed by atoms with Crippen molar-refractivity contribution in [3.63, 3.8) is 0 Å². The van der Waals surface area contributed by atoms with Crippen molar-refractivity contribution >= 4 is 27.5 Å². The minimum atomic E-state index is -0.219. The second-order valence-corrected chi connectivity index (χ2v) is 5.15. The van der Waals surface area contributed by atoms with Gasteiger partial charge in [0, 0.05) is 4.47 Å². The molecule has 2 aromatic rings. The topological polar surface area (TPSA) is 35.2 Å². The number of halogens is 2. The highest BCUT2D eigenvalue weighted by atomic mass is 79.9. The van der Waals surface area contributed by atoms with E-state index in [4.69, 9.17) is 22.1 Å². The van der Waals surface area contributed by atoms with Crippen LogP contribution in [0.5, 0.6) is 5.75 Å². The maximum absolute atomic E-state index is 6.25. The van der Waals surface area contributed by atoms with Gasteiger partial charge in [-0.3, -0.25) is 0 Å². The molecule has 94 valence electrons. The molecule has 0 aliphatic rings. The largest absolute Gasteiger partial charge is 0.495 e. The summed E-state index contributed by atoms with van der Waals surface area (Å²) in [5.41, 5.74) is 8.23. The number of rotatable bonds is 3. The first-order valence-corrected chi connectivity index (χ1v) is 6.64. The second-order valence-electron chi connectivity index (χ2n) is 3.89. The predicted molar refractivity (Wildman–Crippen MR) is 78.2 cm³/mol. The van der Waals surface area contributed by atoms with Crippen LogP contribution in [0, 0.1) is 0 Å². The van der Waals surface area contributed by atoms with Gasteiger partial charge in [0.25, 0.3) is 0 Å². The summed E-state index contributed by atoms with van der Waals surface area (Å²) in [6, 6.07) is 13.3. The monoisotopic (exact) mass is 325 g/mol. The molecule has 18 heavy (non-hydrogen) atoms. The van der Waals surface area contributed by atoms with E-state index < -0.39 is 0 Å². The molecule has 0 amide bonds. The minimum absolute atomic E-state index is 0.219. The maximum Gasteiger partial charge on any atom is 0.137 e. The Balaban J connectivity index is 2.37. The third-order valence-electron chi connectivity index (χ3n) is 2.78. The number of hydrogen-bond acceptors (Lipinski definition) is 2. The Labute approximate surface area is 120 Å². The summed E-state index contributed by atoms with van der Waals surface area (Å²) in [5, 5.41) is 0.567. The first-order chi connectivity index (χ1) is 8.63. The Morgan fingerprint density at radius 2 is 1.94 bits per heavy atom. The fraction of sp³-hybridized carbons (Fsp3) is 0.143. The third kappa shape index (κ3) is 2.69. The van der Waals surface area contributed by atoms with Gasteiger partial charge in [-0.05, 0) is 29.3 Å². The molecule has 0 bridgehead atoms. The Kier molecular flexibility index (Phi) is 4.27. The lowest BCUT2D eigenvalue weighted by molar-refractivity contribution is 0.415. The van der Waals surface area contributed by atoms with E-state index in [9.17, 15) is 0 Å². The van der Waals surface area contributed by atoms with Crippen molar-refractivity contribution in [3.8, 4) is 5.75 Å². The third-order valence-corrected chi connectivity index (χ3v) is 3.79. The number of benzene rings is 2. The molecule has 0 spiro atoms. The van der Waals surface area contributed by atoms with Crippen molar-refractivity contribution in [2.45, 2.75) is 6.04 Å². The van der Waals surface area contributed by atoms with Crippen molar-refractivity contribution in [3.05, 3.63) is 63.1 Å². The van der Waals surface area contributed by atoms with E-state index in [1.165, 1.54) is 0 Å². The lowest BCUT2D eigenvalue weighted by Crippen LogP contribution is -2.12. The number of nitrogens with two attached hydrogens (primary N) is 1. The fourth-order valence-electron chi connectivity index (χ4n) is 1.78. The summed E-state index contributed by atoms with van der Waals surface area (Å²) in [5.74, 6) is 0.653. The van der Waals surface area contributed by atoms with Crippen molar-refractivity contribution in [2.75, 3.05) is 7.11 Å². The van der Waals surface area contributed by atoms with Gasteiger partial charge in [0.15, 0.2) is 0 Å². The summed E-state index contributed by atoms with van der Waals surface area (Å²) >= 11 is 9.61. The summed E-state index contributed by atoms with van der Waals surface area (Å²) in [4.78, 5) is 0. The quantitative estimate of drug-likeness (QED) is 0.919. The Hall–Kier alpha value is -1.03. The molecule has 2 N–H and O–H groups in total. The zero-order chi connectivity index (χ0) is 13.1. The zero-order valence-electron chi connectivity index (χ0n) is 9.86. The average Bonchev–Trinajstić information content (AvgIpc) is 2.38. The van der Waals surface area contributed by atoms with E-state index in [0.29, 0.717) is 10.8 Å². The molecule has 2 rings (SSSR count). The van der Waals surface area contributed by atoms with E-state index >= 15 is 0 Å². The zero-order valence-corrected chi connectivity index (χ0v) is 12.2. The molecule has 4 heteroatoms. The second kappa shape index (κ2) is 5.74. The molecule has 0 saturated carbocycles. The van der Waals surface area contributed by atoms with E-state index in [-0.39, 0.29) is 6.04 Å². The highest BCUT2D eigenvalue weighted by Crippen LogP contribution is 2.31. The van der Waals surface area contributed by atoms with Gasteiger partial charge in [-0.2, -0.15) is 0 Å². The van der Waals surface area contributed by atoms with Gasteiger partial charge >= 0.3 is 0 Å². The standard InChI is InChI=1S/C14H13BrClNO/c1-18-13-7-6-9(8-12(13)16)14(17)10-4-2-3-5-11(10)15/h2-8,14H,17H2,1H3. The average molecular weight is 327 g/mol. The van der Waals surface area contributed by atoms with Crippen LogP contribution in [-0.4, -0.2) is 7.11 Å². The molecular weight excluding hydrogens is 314 g/mol. The maximum atomic E-state index is 6.25. The van der Waals surface area contributed by atoms with Crippen molar-refractivity contribution in [1.82, 2.24) is 0 Å².